The van der Waals surface area contributed by atoms with E-state index in [9.17, 15) is 9.90 Å². The van der Waals surface area contributed by atoms with Gasteiger partial charge >= 0.3 is 0 Å². The van der Waals surface area contributed by atoms with E-state index in [0.717, 1.165) is 38.0 Å². The second-order valence-corrected chi connectivity index (χ2v) is 13.5. The van der Waals surface area contributed by atoms with Crippen LogP contribution in [-0.2, 0) is 11.3 Å². The zero-order valence-corrected chi connectivity index (χ0v) is 23.8. The Kier molecular flexibility index (Phi) is 6.32. The van der Waals surface area contributed by atoms with Gasteiger partial charge in [0.05, 0.1) is 19.8 Å². The van der Waals surface area contributed by atoms with Crippen molar-refractivity contribution in [2.75, 3.05) is 14.2 Å². The molecule has 0 unspecified atom stereocenters. The molecule has 7 nitrogen and oxygen atoms in total. The highest BCUT2D eigenvalue weighted by Gasteiger charge is 2.62. The Morgan fingerprint density at radius 3 is 2.58 bits per heavy atom. The summed E-state index contributed by atoms with van der Waals surface area (Å²) >= 11 is 0. The zero-order chi connectivity index (χ0) is 26.9. The van der Waals surface area contributed by atoms with Gasteiger partial charge in [-0.25, -0.2) is 0 Å². The Morgan fingerprint density at radius 2 is 1.84 bits per heavy atom. The molecule has 4 aliphatic rings. The van der Waals surface area contributed by atoms with Gasteiger partial charge in [0.25, 0.3) is 0 Å². The minimum absolute atomic E-state index is 0.0632. The summed E-state index contributed by atoms with van der Waals surface area (Å²) in [5, 5.41) is 20.1. The first-order valence-electron chi connectivity index (χ1n) is 14.9. The Bertz CT molecular complexity index is 1220. The van der Waals surface area contributed by atoms with Gasteiger partial charge in [-0.1, -0.05) is 13.8 Å². The van der Waals surface area contributed by atoms with Crippen molar-refractivity contribution in [2.45, 2.75) is 97.1 Å². The van der Waals surface area contributed by atoms with Crippen LogP contribution in [0.15, 0.2) is 12.1 Å². The summed E-state index contributed by atoms with van der Waals surface area (Å²) in [5.41, 5.74) is 1.29. The van der Waals surface area contributed by atoms with Crippen molar-refractivity contribution >= 4 is 16.8 Å². The molecule has 4 aliphatic carbocycles. The molecule has 4 saturated carbocycles. The van der Waals surface area contributed by atoms with Crippen molar-refractivity contribution in [1.82, 2.24) is 15.0 Å². The number of nitrogens with zero attached hydrogens (tertiary/aromatic N) is 3. The first-order valence-corrected chi connectivity index (χ1v) is 14.9. The molecule has 0 radical (unpaired) electrons. The third-order valence-corrected chi connectivity index (χ3v) is 11.9. The molecule has 0 saturated heterocycles. The van der Waals surface area contributed by atoms with Crippen molar-refractivity contribution in [3.63, 3.8) is 0 Å². The van der Waals surface area contributed by atoms with Gasteiger partial charge in [-0.2, -0.15) is 9.90 Å². The van der Waals surface area contributed by atoms with Crippen molar-refractivity contribution in [2.24, 2.45) is 40.4 Å². The number of benzene rings is 1. The fourth-order valence-corrected chi connectivity index (χ4v) is 10.1. The van der Waals surface area contributed by atoms with Crippen LogP contribution in [0.1, 0.15) is 85.0 Å². The van der Waals surface area contributed by atoms with E-state index in [0.29, 0.717) is 45.7 Å². The van der Waals surface area contributed by atoms with E-state index in [1.54, 1.807) is 19.0 Å². The van der Waals surface area contributed by atoms with Gasteiger partial charge in [0, 0.05) is 5.92 Å². The third-order valence-electron chi connectivity index (χ3n) is 11.9. The zero-order valence-electron chi connectivity index (χ0n) is 23.8. The van der Waals surface area contributed by atoms with Crippen molar-refractivity contribution < 1.29 is 19.4 Å². The van der Waals surface area contributed by atoms with E-state index < -0.39 is 5.60 Å². The third kappa shape index (κ3) is 3.82. The maximum Gasteiger partial charge on any atom is 0.190 e. The van der Waals surface area contributed by atoms with Crippen LogP contribution in [0.25, 0.3) is 11.0 Å². The van der Waals surface area contributed by atoms with Crippen LogP contribution in [0.3, 0.4) is 0 Å². The van der Waals surface area contributed by atoms with E-state index in [1.807, 2.05) is 19.1 Å². The summed E-state index contributed by atoms with van der Waals surface area (Å²) < 4.78 is 10.9. The second kappa shape index (κ2) is 9.21. The lowest BCUT2D eigenvalue weighted by atomic mass is 9.42. The molecule has 7 heteroatoms. The normalized spacial score (nSPS) is 40.3. The van der Waals surface area contributed by atoms with Crippen molar-refractivity contribution in [1.29, 1.82) is 0 Å². The standard InChI is InChI=1S/C31H45N3O4/c1-6-31-16-15-29(2,36)17-19(31)7-8-20-21-9-10-23(30(21,3)14-13-22(20)31)25(35)18-34-32-24-11-12-26(37-4)28(38-5)27(24)33-34/h11-12,19-23,36H,6-10,13-18H2,1-5H3/t19-,20-,21-,22-,23+,29+,30-,31-/m0/s1. The summed E-state index contributed by atoms with van der Waals surface area (Å²) in [6.07, 6.45) is 11.3. The number of carbonyl (C=O) groups is 1. The average molecular weight is 524 g/mol. The van der Waals surface area contributed by atoms with Crippen LogP contribution in [-0.4, -0.2) is 45.7 Å². The fourth-order valence-electron chi connectivity index (χ4n) is 10.1. The Labute approximate surface area is 226 Å². The van der Waals surface area contributed by atoms with Crippen LogP contribution in [0.5, 0.6) is 11.5 Å². The van der Waals surface area contributed by atoms with Crippen LogP contribution in [0, 0.1) is 40.4 Å². The predicted octanol–water partition coefficient (Wildman–Crippen LogP) is 5.82. The first kappa shape index (κ1) is 26.1. The molecule has 0 spiro atoms. The Hall–Kier alpha value is -2.15. The number of ketones is 1. The van der Waals surface area contributed by atoms with Crippen LogP contribution >= 0.6 is 0 Å². The van der Waals surface area contributed by atoms with Gasteiger partial charge < -0.3 is 14.6 Å². The summed E-state index contributed by atoms with van der Waals surface area (Å²) in [5.74, 6) is 4.24. The van der Waals surface area contributed by atoms with Gasteiger partial charge in [-0.15, -0.1) is 5.10 Å². The molecule has 0 bridgehead atoms. The maximum atomic E-state index is 13.8. The quantitative estimate of drug-likeness (QED) is 0.514. The first-order chi connectivity index (χ1) is 18.2. The number of fused-ring (bicyclic) bond motifs is 6. The summed E-state index contributed by atoms with van der Waals surface area (Å²) in [6, 6.07) is 3.69. The summed E-state index contributed by atoms with van der Waals surface area (Å²) in [6.45, 7) is 7.07. The number of carbonyl (C=O) groups excluding carboxylic acids is 1. The van der Waals surface area contributed by atoms with E-state index in [-0.39, 0.29) is 23.7 Å². The molecule has 1 aromatic carbocycles. The molecule has 8 atom stereocenters. The number of ether oxygens (including phenoxy) is 2. The van der Waals surface area contributed by atoms with Gasteiger partial charge in [-0.05, 0) is 118 Å². The highest BCUT2D eigenvalue weighted by atomic mass is 16.5. The van der Waals surface area contributed by atoms with Crippen LogP contribution < -0.4 is 9.47 Å². The molecular weight excluding hydrogens is 478 g/mol. The molecule has 2 aromatic rings. The van der Waals surface area contributed by atoms with Crippen molar-refractivity contribution in [3.05, 3.63) is 12.1 Å². The lowest BCUT2D eigenvalue weighted by molar-refractivity contribution is -0.158. The van der Waals surface area contributed by atoms with Crippen LogP contribution in [0.2, 0.25) is 0 Å². The van der Waals surface area contributed by atoms with Gasteiger partial charge in [0.15, 0.2) is 22.8 Å². The minimum atomic E-state index is -0.495. The molecule has 4 fully saturated rings. The maximum absolute atomic E-state index is 13.8. The van der Waals surface area contributed by atoms with Gasteiger partial charge in [-0.3, -0.25) is 4.79 Å². The number of hydrogen-bond acceptors (Lipinski definition) is 6. The van der Waals surface area contributed by atoms with E-state index >= 15 is 0 Å². The summed E-state index contributed by atoms with van der Waals surface area (Å²) in [4.78, 5) is 15.4. The van der Waals surface area contributed by atoms with Crippen molar-refractivity contribution in [3.8, 4) is 11.5 Å². The SMILES string of the molecule is CC[C@]12CC[C@@](C)(O)C[C@@H]1CC[C@H]1[C@@H]3CC[C@H](C(=O)Cn4nc5ccc(OC)c(OC)c5n4)[C@@]3(C)CC[C@@H]12. The van der Waals surface area contributed by atoms with E-state index in [4.69, 9.17) is 9.47 Å². The molecule has 1 N–H and O–H groups in total. The molecular formula is C31H45N3O4. The number of methoxy groups -OCH3 is 2. The number of rotatable bonds is 6. The second-order valence-electron chi connectivity index (χ2n) is 13.5. The summed E-state index contributed by atoms with van der Waals surface area (Å²) in [7, 11) is 3.21. The molecule has 0 amide bonds. The molecule has 0 aliphatic heterocycles. The molecule has 38 heavy (non-hydrogen) atoms. The minimum Gasteiger partial charge on any atom is -0.493 e. The fraction of sp³-hybridized carbons (Fsp3) is 0.774. The van der Waals surface area contributed by atoms with Crippen LogP contribution in [0.4, 0.5) is 0 Å². The average Bonchev–Trinajstić information content (AvgIpc) is 3.47. The molecule has 1 heterocycles. The number of aliphatic hydroxyl groups is 1. The van der Waals surface area contributed by atoms with E-state index in [1.165, 1.54) is 32.1 Å². The number of hydrogen-bond donors (Lipinski definition) is 1. The lowest BCUT2D eigenvalue weighted by Crippen LogP contribution is -2.56. The Balaban J connectivity index is 1.22. The largest absolute Gasteiger partial charge is 0.493 e. The van der Waals surface area contributed by atoms with Gasteiger partial charge in [0.2, 0.25) is 0 Å². The topological polar surface area (TPSA) is 86.5 Å². The number of aromatic nitrogens is 3. The smallest absolute Gasteiger partial charge is 0.190 e. The van der Waals surface area contributed by atoms with Gasteiger partial charge in [0.1, 0.15) is 12.1 Å². The molecule has 1 aromatic heterocycles. The monoisotopic (exact) mass is 523 g/mol. The molecule has 6 rings (SSSR count). The molecule has 208 valence electrons. The predicted molar refractivity (Wildman–Crippen MR) is 146 cm³/mol. The number of Topliss-reactive ketones (excluding diaryl/α,β-unsaturated/α-hetero) is 1. The van der Waals surface area contributed by atoms with E-state index in [2.05, 4.69) is 24.0 Å². The lowest BCUT2D eigenvalue weighted by Gasteiger charge is -2.63. The highest BCUT2D eigenvalue weighted by Crippen LogP contribution is 2.69. The highest BCUT2D eigenvalue weighted by molar-refractivity contribution is 5.85. The Morgan fingerprint density at radius 1 is 1.03 bits per heavy atom.